The van der Waals surface area contributed by atoms with Crippen molar-refractivity contribution in [2.75, 3.05) is 11.9 Å². The molecule has 0 aliphatic heterocycles. The van der Waals surface area contributed by atoms with Crippen LogP contribution >= 0.6 is 15.9 Å². The number of primary amides is 1. The Bertz CT molecular complexity index is 489. The van der Waals surface area contributed by atoms with Gasteiger partial charge in [0.25, 0.3) is 0 Å². The van der Waals surface area contributed by atoms with Crippen LogP contribution in [-0.2, 0) is 0 Å². The number of hydrogen-bond donors (Lipinski definition) is 3. The summed E-state index contributed by atoms with van der Waals surface area (Å²) in [6.07, 6.45) is 2.03. The zero-order chi connectivity index (χ0) is 15.1. The molecule has 4 N–H and O–H groups in total. The van der Waals surface area contributed by atoms with Crippen LogP contribution in [0, 0.1) is 5.92 Å². The summed E-state index contributed by atoms with van der Waals surface area (Å²) in [4.78, 5) is 22.7. The van der Waals surface area contributed by atoms with E-state index in [0.29, 0.717) is 28.2 Å². The van der Waals surface area contributed by atoms with E-state index in [9.17, 15) is 9.59 Å². The number of amides is 3. The number of carbonyl (C=O) groups excluding carboxylic acids is 2. The molecule has 0 heterocycles. The molecule has 0 saturated heterocycles. The summed E-state index contributed by atoms with van der Waals surface area (Å²) in [5.41, 5.74) is 6.16. The minimum absolute atomic E-state index is 0.263. The predicted molar refractivity (Wildman–Crippen MR) is 83.8 cm³/mol. The third kappa shape index (κ3) is 5.61. The van der Waals surface area contributed by atoms with Crippen molar-refractivity contribution in [2.45, 2.75) is 26.7 Å². The van der Waals surface area contributed by atoms with E-state index in [0.717, 1.165) is 12.8 Å². The number of nitrogens with one attached hydrogen (secondary N) is 2. The third-order valence-electron chi connectivity index (χ3n) is 2.75. The SMILES string of the molecule is CC(C)CCCNC(=O)Nc1ccc(C(N)=O)cc1Br. The lowest BCUT2D eigenvalue weighted by molar-refractivity contribution is 0.1000. The second-order valence-electron chi connectivity index (χ2n) is 4.98. The lowest BCUT2D eigenvalue weighted by Crippen LogP contribution is -2.29. The van der Waals surface area contributed by atoms with Gasteiger partial charge in [-0.15, -0.1) is 0 Å². The Kier molecular flexibility index (Phi) is 6.51. The smallest absolute Gasteiger partial charge is 0.319 e. The Morgan fingerprint density at radius 2 is 2.05 bits per heavy atom. The van der Waals surface area contributed by atoms with Crippen LogP contribution < -0.4 is 16.4 Å². The number of anilines is 1. The van der Waals surface area contributed by atoms with Crippen LogP contribution in [0.4, 0.5) is 10.5 Å². The molecule has 0 fully saturated rings. The Balaban J connectivity index is 2.48. The molecule has 0 bridgehead atoms. The molecule has 0 atom stereocenters. The highest BCUT2D eigenvalue weighted by Crippen LogP contribution is 2.23. The van der Waals surface area contributed by atoms with Gasteiger partial charge < -0.3 is 16.4 Å². The summed E-state index contributed by atoms with van der Waals surface area (Å²) >= 11 is 3.29. The number of urea groups is 1. The standard InChI is InChI=1S/C14H20BrN3O2/c1-9(2)4-3-7-17-14(20)18-12-6-5-10(13(16)19)8-11(12)15/h5-6,8-9H,3-4,7H2,1-2H3,(H2,16,19)(H2,17,18,20). The second-order valence-corrected chi connectivity index (χ2v) is 5.83. The van der Waals surface area contributed by atoms with Gasteiger partial charge in [0.05, 0.1) is 5.69 Å². The van der Waals surface area contributed by atoms with Crippen molar-refractivity contribution in [2.24, 2.45) is 11.7 Å². The van der Waals surface area contributed by atoms with Gasteiger partial charge in [-0.1, -0.05) is 13.8 Å². The van der Waals surface area contributed by atoms with Gasteiger partial charge in [-0.25, -0.2) is 4.79 Å². The van der Waals surface area contributed by atoms with Gasteiger partial charge in [0.1, 0.15) is 0 Å². The summed E-state index contributed by atoms with van der Waals surface area (Å²) in [6.45, 7) is 4.94. The average Bonchev–Trinajstić information content (AvgIpc) is 2.36. The van der Waals surface area contributed by atoms with Crippen LogP contribution in [0.1, 0.15) is 37.0 Å². The first kappa shape index (κ1) is 16.5. The van der Waals surface area contributed by atoms with Crippen LogP contribution in [0.5, 0.6) is 0 Å². The van der Waals surface area contributed by atoms with E-state index in [2.05, 4.69) is 40.4 Å². The molecule has 0 radical (unpaired) electrons. The van der Waals surface area contributed by atoms with Gasteiger partial charge in [0.2, 0.25) is 5.91 Å². The Morgan fingerprint density at radius 3 is 2.60 bits per heavy atom. The molecule has 6 heteroatoms. The average molecular weight is 342 g/mol. The fraction of sp³-hybridized carbons (Fsp3) is 0.429. The molecule has 1 rings (SSSR count). The first-order valence-corrected chi connectivity index (χ1v) is 7.33. The largest absolute Gasteiger partial charge is 0.366 e. The van der Waals surface area contributed by atoms with E-state index in [-0.39, 0.29) is 6.03 Å². The number of rotatable bonds is 6. The van der Waals surface area contributed by atoms with Crippen molar-refractivity contribution in [3.05, 3.63) is 28.2 Å². The molecule has 1 aromatic carbocycles. The van der Waals surface area contributed by atoms with E-state index < -0.39 is 5.91 Å². The molecule has 5 nitrogen and oxygen atoms in total. The maximum Gasteiger partial charge on any atom is 0.319 e. The summed E-state index contributed by atoms with van der Waals surface area (Å²) in [5, 5.41) is 5.50. The summed E-state index contributed by atoms with van der Waals surface area (Å²) < 4.78 is 0.617. The highest BCUT2D eigenvalue weighted by Gasteiger charge is 2.08. The topological polar surface area (TPSA) is 84.2 Å². The zero-order valence-corrected chi connectivity index (χ0v) is 13.3. The van der Waals surface area contributed by atoms with Gasteiger partial charge in [-0.2, -0.15) is 0 Å². The van der Waals surface area contributed by atoms with Crippen molar-refractivity contribution in [3.8, 4) is 0 Å². The van der Waals surface area contributed by atoms with Gasteiger partial charge in [0, 0.05) is 16.6 Å². The minimum Gasteiger partial charge on any atom is -0.366 e. The minimum atomic E-state index is -0.504. The summed E-state index contributed by atoms with van der Waals surface area (Å²) in [6, 6.07) is 4.53. The van der Waals surface area contributed by atoms with E-state index in [4.69, 9.17) is 5.73 Å². The molecular formula is C14H20BrN3O2. The van der Waals surface area contributed by atoms with Gasteiger partial charge in [0.15, 0.2) is 0 Å². The number of hydrogen-bond acceptors (Lipinski definition) is 2. The number of nitrogens with two attached hydrogens (primary N) is 1. The molecule has 1 aromatic rings. The lowest BCUT2D eigenvalue weighted by atomic mass is 10.1. The monoisotopic (exact) mass is 341 g/mol. The quantitative estimate of drug-likeness (QED) is 0.694. The Morgan fingerprint density at radius 1 is 1.35 bits per heavy atom. The maximum absolute atomic E-state index is 11.7. The summed E-state index contributed by atoms with van der Waals surface area (Å²) in [5.74, 6) is 0.130. The summed E-state index contributed by atoms with van der Waals surface area (Å²) in [7, 11) is 0. The molecule has 0 aromatic heterocycles. The van der Waals surface area contributed by atoms with E-state index in [1.165, 1.54) is 0 Å². The lowest BCUT2D eigenvalue weighted by Gasteiger charge is -2.10. The van der Waals surface area contributed by atoms with E-state index >= 15 is 0 Å². The van der Waals surface area contributed by atoms with Crippen LogP contribution in [0.2, 0.25) is 0 Å². The Labute approximate surface area is 127 Å². The van der Waals surface area contributed by atoms with Crippen LogP contribution in [0.3, 0.4) is 0 Å². The Hall–Kier alpha value is -1.56. The first-order chi connectivity index (χ1) is 9.40. The molecule has 0 unspecified atom stereocenters. The molecule has 0 saturated carbocycles. The third-order valence-corrected chi connectivity index (χ3v) is 3.40. The number of benzene rings is 1. The molecule has 20 heavy (non-hydrogen) atoms. The zero-order valence-electron chi connectivity index (χ0n) is 11.7. The van der Waals surface area contributed by atoms with Gasteiger partial charge in [-0.3, -0.25) is 4.79 Å². The molecule has 110 valence electrons. The highest BCUT2D eigenvalue weighted by atomic mass is 79.9. The van der Waals surface area contributed by atoms with Gasteiger partial charge >= 0.3 is 6.03 Å². The van der Waals surface area contributed by atoms with E-state index in [1.54, 1.807) is 18.2 Å². The fourth-order valence-corrected chi connectivity index (χ4v) is 2.13. The maximum atomic E-state index is 11.7. The molecule has 0 spiro atoms. The number of halogens is 1. The predicted octanol–water partition coefficient (Wildman–Crippen LogP) is 3.11. The van der Waals surface area contributed by atoms with E-state index in [1.807, 2.05) is 0 Å². The first-order valence-electron chi connectivity index (χ1n) is 6.54. The van der Waals surface area contributed by atoms with Crippen molar-refractivity contribution in [3.63, 3.8) is 0 Å². The molecule has 0 aliphatic rings. The van der Waals surface area contributed by atoms with Crippen LogP contribution in [0.25, 0.3) is 0 Å². The fourth-order valence-electron chi connectivity index (χ4n) is 1.65. The van der Waals surface area contributed by atoms with Crippen molar-refractivity contribution in [1.29, 1.82) is 0 Å². The van der Waals surface area contributed by atoms with Crippen molar-refractivity contribution >= 4 is 33.6 Å². The molecule has 3 amide bonds. The molecule has 0 aliphatic carbocycles. The van der Waals surface area contributed by atoms with Crippen LogP contribution in [0.15, 0.2) is 22.7 Å². The van der Waals surface area contributed by atoms with Gasteiger partial charge in [-0.05, 0) is 52.9 Å². The molecular weight excluding hydrogens is 322 g/mol. The van der Waals surface area contributed by atoms with Crippen molar-refractivity contribution < 1.29 is 9.59 Å². The normalized spacial score (nSPS) is 10.4. The second kappa shape index (κ2) is 7.89. The van der Waals surface area contributed by atoms with Crippen LogP contribution in [-0.4, -0.2) is 18.5 Å². The van der Waals surface area contributed by atoms with Crippen molar-refractivity contribution in [1.82, 2.24) is 5.32 Å². The highest BCUT2D eigenvalue weighted by molar-refractivity contribution is 9.10. The number of carbonyl (C=O) groups is 2.